The van der Waals surface area contributed by atoms with Gasteiger partial charge in [0.05, 0.1) is 17.4 Å². The van der Waals surface area contributed by atoms with Crippen LogP contribution in [0.15, 0.2) is 18.3 Å². The molecule has 1 fully saturated rings. The Morgan fingerprint density at radius 3 is 2.59 bits per heavy atom. The van der Waals surface area contributed by atoms with Crippen LogP contribution in [0.25, 0.3) is 0 Å². The molecule has 4 heteroatoms. The predicted molar refractivity (Wildman–Crippen MR) is 89.1 cm³/mol. The molecule has 4 nitrogen and oxygen atoms in total. The van der Waals surface area contributed by atoms with Crippen molar-refractivity contribution in [2.24, 2.45) is 13.0 Å². The van der Waals surface area contributed by atoms with Gasteiger partial charge in [-0.05, 0) is 43.2 Å². The second-order valence-electron chi connectivity index (χ2n) is 7.11. The summed E-state index contributed by atoms with van der Waals surface area (Å²) in [5, 5.41) is 9.41. The summed E-state index contributed by atoms with van der Waals surface area (Å²) in [6, 6.07) is 5.03. The maximum Gasteiger partial charge on any atom is 0.0655 e. The minimum atomic E-state index is 0.512. The van der Waals surface area contributed by atoms with E-state index in [4.69, 9.17) is 5.10 Å². The smallest absolute Gasteiger partial charge is 0.0655 e. The van der Waals surface area contributed by atoms with Crippen LogP contribution in [-0.2, 0) is 13.5 Å². The summed E-state index contributed by atoms with van der Waals surface area (Å²) in [5.41, 5.74) is 3.77. The van der Waals surface area contributed by atoms with Crippen LogP contribution in [0.2, 0.25) is 0 Å². The number of aryl methyl sites for hydroxylation is 2. The van der Waals surface area contributed by atoms with Gasteiger partial charge in [0.2, 0.25) is 0 Å². The topological polar surface area (TPSA) is 35.6 Å². The Bertz CT molecular complexity index is 637. The number of nitrogens with zero attached hydrogens (tertiary/aromatic N) is 4. The van der Waals surface area contributed by atoms with Crippen LogP contribution >= 0.6 is 0 Å². The quantitative estimate of drug-likeness (QED) is 0.806. The van der Waals surface area contributed by atoms with Gasteiger partial charge in [-0.3, -0.25) is 9.36 Å². The minimum absolute atomic E-state index is 0.512. The minimum Gasteiger partial charge on any atom is -0.272 e. The molecule has 3 unspecified atom stereocenters. The molecule has 2 aromatic rings. The summed E-state index contributed by atoms with van der Waals surface area (Å²) in [7, 11) is 2.05. The molecule has 0 spiro atoms. The third-order valence-corrected chi connectivity index (χ3v) is 4.96. The molecular formula is C18H28N4. The van der Waals surface area contributed by atoms with Gasteiger partial charge in [-0.1, -0.05) is 27.7 Å². The van der Waals surface area contributed by atoms with Crippen molar-refractivity contribution in [3.63, 3.8) is 0 Å². The molecule has 2 heterocycles. The van der Waals surface area contributed by atoms with Gasteiger partial charge in [-0.2, -0.15) is 10.2 Å². The average Bonchev–Trinajstić information content (AvgIpc) is 2.91. The molecule has 0 aliphatic heterocycles. The van der Waals surface area contributed by atoms with Gasteiger partial charge >= 0.3 is 0 Å². The van der Waals surface area contributed by atoms with Crippen molar-refractivity contribution in [2.75, 3.05) is 0 Å². The molecule has 1 aliphatic rings. The highest BCUT2D eigenvalue weighted by atomic mass is 15.3. The number of aromatic nitrogens is 4. The lowest BCUT2D eigenvalue weighted by molar-refractivity contribution is 0.518. The van der Waals surface area contributed by atoms with E-state index in [9.17, 15) is 0 Å². The van der Waals surface area contributed by atoms with E-state index in [2.05, 4.69) is 55.8 Å². The molecule has 120 valence electrons. The largest absolute Gasteiger partial charge is 0.272 e. The van der Waals surface area contributed by atoms with Crippen LogP contribution in [-0.4, -0.2) is 19.6 Å². The van der Waals surface area contributed by atoms with Crippen LogP contribution in [0, 0.1) is 5.92 Å². The lowest BCUT2D eigenvalue weighted by Crippen LogP contribution is -2.02. The Morgan fingerprint density at radius 2 is 2.00 bits per heavy atom. The monoisotopic (exact) mass is 300 g/mol. The summed E-state index contributed by atoms with van der Waals surface area (Å²) < 4.78 is 4.21. The first-order valence-corrected chi connectivity index (χ1v) is 8.57. The molecule has 0 aromatic carbocycles. The van der Waals surface area contributed by atoms with Crippen molar-refractivity contribution in [2.45, 2.75) is 64.8 Å². The highest BCUT2D eigenvalue weighted by Crippen LogP contribution is 2.48. The molecule has 1 aliphatic carbocycles. The average molecular weight is 300 g/mol. The lowest BCUT2D eigenvalue weighted by Gasteiger charge is -2.08. The van der Waals surface area contributed by atoms with Crippen molar-refractivity contribution in [3.8, 4) is 0 Å². The normalized spacial score (nSPS) is 22.3. The third-order valence-electron chi connectivity index (χ3n) is 4.96. The zero-order valence-electron chi connectivity index (χ0n) is 14.5. The Labute approximate surface area is 133 Å². The molecule has 2 aromatic heterocycles. The highest BCUT2D eigenvalue weighted by Gasteiger charge is 2.40. The Morgan fingerprint density at radius 1 is 1.23 bits per heavy atom. The fraction of sp³-hybridized carbons (Fsp3) is 0.667. The van der Waals surface area contributed by atoms with Crippen molar-refractivity contribution in [1.29, 1.82) is 0 Å². The first-order chi connectivity index (χ1) is 10.5. The third kappa shape index (κ3) is 2.96. The summed E-state index contributed by atoms with van der Waals surface area (Å²) >= 11 is 0. The van der Waals surface area contributed by atoms with E-state index in [1.165, 1.54) is 29.9 Å². The fourth-order valence-electron chi connectivity index (χ4n) is 3.33. The zero-order valence-corrected chi connectivity index (χ0v) is 14.5. The van der Waals surface area contributed by atoms with Gasteiger partial charge in [-0.15, -0.1) is 0 Å². The van der Waals surface area contributed by atoms with E-state index >= 15 is 0 Å². The summed E-state index contributed by atoms with van der Waals surface area (Å²) in [6.45, 7) is 8.89. The van der Waals surface area contributed by atoms with Crippen LogP contribution in [0.5, 0.6) is 0 Å². The van der Waals surface area contributed by atoms with Crippen LogP contribution < -0.4 is 0 Å². The van der Waals surface area contributed by atoms with Gasteiger partial charge in [0, 0.05) is 24.9 Å². The van der Waals surface area contributed by atoms with E-state index in [0.29, 0.717) is 17.9 Å². The van der Waals surface area contributed by atoms with E-state index in [1.807, 2.05) is 11.7 Å². The molecule has 22 heavy (non-hydrogen) atoms. The summed E-state index contributed by atoms with van der Waals surface area (Å²) in [6.07, 6.45) is 5.67. The van der Waals surface area contributed by atoms with Gasteiger partial charge in [-0.25, -0.2) is 0 Å². The van der Waals surface area contributed by atoms with Crippen LogP contribution in [0.3, 0.4) is 0 Å². The van der Waals surface area contributed by atoms with Crippen molar-refractivity contribution >= 4 is 0 Å². The maximum absolute atomic E-state index is 4.73. The number of hydrogen-bond acceptors (Lipinski definition) is 2. The molecule has 0 N–H and O–H groups in total. The number of rotatable bonds is 6. The molecule has 1 saturated carbocycles. The second kappa shape index (κ2) is 5.90. The molecular weight excluding hydrogens is 272 g/mol. The van der Waals surface area contributed by atoms with Gasteiger partial charge in [0.15, 0.2) is 0 Å². The summed E-state index contributed by atoms with van der Waals surface area (Å²) in [5.74, 6) is 1.79. The second-order valence-corrected chi connectivity index (χ2v) is 7.11. The van der Waals surface area contributed by atoms with Crippen molar-refractivity contribution in [3.05, 3.63) is 35.4 Å². The Kier molecular flexibility index (Phi) is 4.11. The Balaban J connectivity index is 1.60. The predicted octanol–water partition coefficient (Wildman–Crippen LogP) is 4.06. The van der Waals surface area contributed by atoms with Crippen LogP contribution in [0.4, 0.5) is 0 Å². The maximum atomic E-state index is 4.73. The molecule has 0 bridgehead atoms. The van der Waals surface area contributed by atoms with Gasteiger partial charge in [0.25, 0.3) is 0 Å². The Hall–Kier alpha value is -1.58. The zero-order chi connectivity index (χ0) is 15.9. The van der Waals surface area contributed by atoms with Crippen LogP contribution in [0.1, 0.15) is 75.5 Å². The molecule has 3 rings (SSSR count). The fourth-order valence-corrected chi connectivity index (χ4v) is 3.33. The SMILES string of the molecule is CCc1cc(C(C)CC2CC2n2ccc(C(C)C)n2)nn1C. The molecule has 3 atom stereocenters. The molecule has 0 radical (unpaired) electrons. The lowest BCUT2D eigenvalue weighted by atomic mass is 10.0. The van der Waals surface area contributed by atoms with E-state index < -0.39 is 0 Å². The van der Waals surface area contributed by atoms with Crippen molar-refractivity contribution in [1.82, 2.24) is 19.6 Å². The summed E-state index contributed by atoms with van der Waals surface area (Å²) in [4.78, 5) is 0. The van der Waals surface area contributed by atoms with Crippen molar-refractivity contribution < 1.29 is 0 Å². The molecule has 0 amide bonds. The standard InChI is InChI=1S/C18H28N4/c1-6-15-11-17(19-21(15)5)13(4)9-14-10-18(14)22-8-7-16(20-22)12(2)3/h7-8,11-14,18H,6,9-10H2,1-5H3. The van der Waals surface area contributed by atoms with Gasteiger partial charge in [0.1, 0.15) is 0 Å². The number of hydrogen-bond donors (Lipinski definition) is 0. The van der Waals surface area contributed by atoms with Gasteiger partial charge < -0.3 is 0 Å². The molecule has 0 saturated heterocycles. The van der Waals surface area contributed by atoms with E-state index in [0.717, 1.165) is 12.3 Å². The first kappa shape index (κ1) is 15.3. The van der Waals surface area contributed by atoms with E-state index in [1.54, 1.807) is 0 Å². The first-order valence-electron chi connectivity index (χ1n) is 8.57. The highest BCUT2D eigenvalue weighted by molar-refractivity contribution is 5.15. The van der Waals surface area contributed by atoms with E-state index in [-0.39, 0.29) is 0 Å².